The van der Waals surface area contributed by atoms with E-state index in [1.54, 1.807) is 11.1 Å². The SMILES string of the molecule is O=S(=O)(CC1CCCC1)c1ccc(N2CC(CN3CCC(C4(C5CCCC5)NCCc5ccccc54)CC3)C2)cc1. The second-order valence-corrected chi connectivity index (χ2v) is 16.0. The molecule has 2 saturated heterocycles. The second-order valence-electron chi connectivity index (χ2n) is 14.0. The number of hydrogen-bond donors (Lipinski definition) is 1. The van der Waals surface area contributed by atoms with Crippen LogP contribution in [-0.4, -0.2) is 58.3 Å². The zero-order valence-corrected chi connectivity index (χ0v) is 25.6. The number of benzene rings is 2. The average Bonchev–Trinajstić information content (AvgIpc) is 3.70. The van der Waals surface area contributed by atoms with Crippen LogP contribution in [0.3, 0.4) is 0 Å². The van der Waals surface area contributed by atoms with Crippen molar-refractivity contribution in [1.82, 2.24) is 10.2 Å². The van der Waals surface area contributed by atoms with Crippen LogP contribution in [0.2, 0.25) is 0 Å². The highest BCUT2D eigenvalue weighted by Crippen LogP contribution is 2.50. The quantitative estimate of drug-likeness (QED) is 0.417. The first-order valence-corrected chi connectivity index (χ1v) is 18.3. The highest BCUT2D eigenvalue weighted by Gasteiger charge is 2.50. The molecule has 5 aliphatic rings. The lowest BCUT2D eigenvalue weighted by molar-refractivity contribution is 0.0492. The van der Waals surface area contributed by atoms with Crippen LogP contribution in [0.25, 0.3) is 0 Å². The van der Waals surface area contributed by atoms with Gasteiger partial charge in [0.05, 0.1) is 10.6 Å². The summed E-state index contributed by atoms with van der Waals surface area (Å²) < 4.78 is 25.8. The number of hydrogen-bond acceptors (Lipinski definition) is 5. The minimum absolute atomic E-state index is 0.182. The van der Waals surface area contributed by atoms with Gasteiger partial charge in [0, 0.05) is 43.3 Å². The normalized spacial score (nSPS) is 27.3. The van der Waals surface area contributed by atoms with Crippen LogP contribution in [0.1, 0.15) is 75.3 Å². The standard InChI is InChI=1S/C35H49N3O2S/c39-41(40,26-27-7-1-2-8-27)33-15-13-32(14-16-33)38-24-28(25-38)23-37-21-18-31(19-22-37)35(30-10-4-5-11-30)34-12-6-3-9-29(34)17-20-36-35/h3,6,9,12-16,27-28,30-31,36H,1-2,4-5,7-8,10-11,17-26H2. The Balaban J connectivity index is 0.931. The van der Waals surface area contributed by atoms with Crippen LogP contribution in [-0.2, 0) is 21.8 Å². The molecule has 0 aromatic heterocycles. The van der Waals surface area contributed by atoms with E-state index in [4.69, 9.17) is 0 Å². The van der Waals surface area contributed by atoms with Gasteiger partial charge in [-0.25, -0.2) is 8.42 Å². The maximum Gasteiger partial charge on any atom is 0.178 e. The van der Waals surface area contributed by atoms with Gasteiger partial charge in [-0.3, -0.25) is 0 Å². The number of nitrogens with one attached hydrogen (secondary N) is 1. The van der Waals surface area contributed by atoms with Gasteiger partial charge in [-0.2, -0.15) is 0 Å². The Morgan fingerprint density at radius 3 is 2.17 bits per heavy atom. The highest BCUT2D eigenvalue weighted by molar-refractivity contribution is 7.91. The van der Waals surface area contributed by atoms with E-state index in [2.05, 4.69) is 39.4 Å². The molecule has 0 radical (unpaired) electrons. The van der Waals surface area contributed by atoms with E-state index < -0.39 is 9.84 Å². The molecule has 0 spiro atoms. The smallest absolute Gasteiger partial charge is 0.178 e. The molecule has 2 aromatic carbocycles. The summed E-state index contributed by atoms with van der Waals surface area (Å²) in [6, 6.07) is 17.1. The van der Waals surface area contributed by atoms with Crippen LogP contribution in [0.4, 0.5) is 5.69 Å². The van der Waals surface area contributed by atoms with Crippen molar-refractivity contribution in [3.05, 3.63) is 59.7 Å². The predicted molar refractivity (Wildman–Crippen MR) is 167 cm³/mol. The third-order valence-electron chi connectivity index (χ3n) is 11.5. The van der Waals surface area contributed by atoms with Gasteiger partial charge in [0.1, 0.15) is 0 Å². The minimum Gasteiger partial charge on any atom is -0.371 e. The van der Waals surface area contributed by atoms with Crippen molar-refractivity contribution in [1.29, 1.82) is 0 Å². The van der Waals surface area contributed by atoms with E-state index in [0.717, 1.165) is 44.3 Å². The van der Waals surface area contributed by atoms with Crippen molar-refractivity contribution in [2.24, 2.45) is 23.7 Å². The maximum absolute atomic E-state index is 12.9. The zero-order chi connectivity index (χ0) is 27.9. The largest absolute Gasteiger partial charge is 0.371 e. The van der Waals surface area contributed by atoms with Gasteiger partial charge in [-0.1, -0.05) is 49.9 Å². The fourth-order valence-corrected chi connectivity index (χ4v) is 11.1. The molecule has 1 unspecified atom stereocenters. The number of nitrogens with zero attached hydrogens (tertiary/aromatic N) is 2. The number of piperidine rings is 1. The zero-order valence-electron chi connectivity index (χ0n) is 24.8. The van der Waals surface area contributed by atoms with Crippen LogP contribution >= 0.6 is 0 Å². The van der Waals surface area contributed by atoms with E-state index in [1.807, 2.05) is 24.3 Å². The maximum atomic E-state index is 12.9. The predicted octanol–water partition coefficient (Wildman–Crippen LogP) is 6.03. The van der Waals surface area contributed by atoms with Crippen molar-refractivity contribution >= 4 is 15.5 Å². The molecule has 5 nitrogen and oxygen atoms in total. The molecule has 7 rings (SSSR count). The second kappa shape index (κ2) is 11.7. The summed E-state index contributed by atoms with van der Waals surface area (Å²) in [6.07, 6.45) is 13.8. The molecule has 222 valence electrons. The third-order valence-corrected chi connectivity index (χ3v) is 13.4. The number of sulfone groups is 1. The Bertz CT molecular complexity index is 1280. The van der Waals surface area contributed by atoms with Crippen LogP contribution < -0.4 is 10.2 Å². The molecule has 0 amide bonds. The monoisotopic (exact) mass is 575 g/mol. The van der Waals surface area contributed by atoms with Gasteiger partial charge in [0.25, 0.3) is 0 Å². The van der Waals surface area contributed by atoms with Gasteiger partial charge in [-0.15, -0.1) is 0 Å². The molecule has 4 fully saturated rings. The fraction of sp³-hybridized carbons (Fsp3) is 0.657. The van der Waals surface area contributed by atoms with Crippen molar-refractivity contribution in [3.8, 4) is 0 Å². The van der Waals surface area contributed by atoms with Crippen LogP contribution in [0.5, 0.6) is 0 Å². The van der Waals surface area contributed by atoms with Crippen LogP contribution in [0, 0.1) is 23.7 Å². The first-order chi connectivity index (χ1) is 20.0. The summed E-state index contributed by atoms with van der Waals surface area (Å²) >= 11 is 0. The summed E-state index contributed by atoms with van der Waals surface area (Å²) in [4.78, 5) is 5.65. The molecule has 0 bridgehead atoms. The van der Waals surface area contributed by atoms with Crippen molar-refractivity contribution in [3.63, 3.8) is 0 Å². The third kappa shape index (κ3) is 5.49. The lowest BCUT2D eigenvalue weighted by Crippen LogP contribution is -2.59. The van der Waals surface area contributed by atoms with Crippen molar-refractivity contribution < 1.29 is 8.42 Å². The Hall–Kier alpha value is -1.89. The number of anilines is 1. The molecule has 1 atom stereocenters. The molecule has 2 saturated carbocycles. The average molecular weight is 576 g/mol. The summed E-state index contributed by atoms with van der Waals surface area (Å²) in [5.41, 5.74) is 4.57. The Labute approximate surface area is 248 Å². The molecule has 6 heteroatoms. The summed E-state index contributed by atoms with van der Waals surface area (Å²) in [6.45, 7) is 6.90. The summed E-state index contributed by atoms with van der Waals surface area (Å²) in [5, 5.41) is 4.17. The molecule has 3 heterocycles. The minimum atomic E-state index is -3.17. The molecular weight excluding hydrogens is 526 g/mol. The van der Waals surface area contributed by atoms with Crippen LogP contribution in [0.15, 0.2) is 53.4 Å². The van der Waals surface area contributed by atoms with E-state index in [-0.39, 0.29) is 5.54 Å². The summed E-state index contributed by atoms with van der Waals surface area (Å²) in [7, 11) is -3.17. The van der Waals surface area contributed by atoms with Gasteiger partial charge in [-0.05, 0) is 111 Å². The highest BCUT2D eigenvalue weighted by atomic mass is 32.2. The van der Waals surface area contributed by atoms with Gasteiger partial charge in [0.2, 0.25) is 0 Å². The van der Waals surface area contributed by atoms with E-state index in [1.165, 1.54) is 83.1 Å². The van der Waals surface area contributed by atoms with E-state index in [0.29, 0.717) is 22.5 Å². The molecule has 2 aliphatic carbocycles. The van der Waals surface area contributed by atoms with Gasteiger partial charge >= 0.3 is 0 Å². The number of rotatable bonds is 8. The van der Waals surface area contributed by atoms with Gasteiger partial charge < -0.3 is 15.1 Å². The Morgan fingerprint density at radius 2 is 1.44 bits per heavy atom. The molecule has 2 aromatic rings. The van der Waals surface area contributed by atoms with E-state index in [9.17, 15) is 8.42 Å². The molecule has 1 N–H and O–H groups in total. The number of fused-ring (bicyclic) bond motifs is 1. The topological polar surface area (TPSA) is 52.7 Å². The number of likely N-dealkylation sites (tertiary alicyclic amines) is 1. The van der Waals surface area contributed by atoms with E-state index >= 15 is 0 Å². The Kier molecular flexibility index (Phi) is 7.93. The lowest BCUT2D eigenvalue weighted by atomic mass is 9.63. The van der Waals surface area contributed by atoms with Crippen molar-refractivity contribution in [2.75, 3.05) is 49.9 Å². The lowest BCUT2D eigenvalue weighted by Gasteiger charge is -2.53. The summed E-state index contributed by atoms with van der Waals surface area (Å²) in [5.74, 6) is 2.88. The van der Waals surface area contributed by atoms with Gasteiger partial charge in [0.15, 0.2) is 9.84 Å². The molecule has 3 aliphatic heterocycles. The molecule has 41 heavy (non-hydrogen) atoms. The first-order valence-electron chi connectivity index (χ1n) is 16.6. The molecular formula is C35H49N3O2S. The first kappa shape index (κ1) is 27.9. The fourth-order valence-electron chi connectivity index (χ4n) is 9.36. The Morgan fingerprint density at radius 1 is 0.780 bits per heavy atom. The van der Waals surface area contributed by atoms with Crippen molar-refractivity contribution in [2.45, 2.75) is 81.1 Å².